The van der Waals surface area contributed by atoms with E-state index in [4.69, 9.17) is 0 Å². The van der Waals surface area contributed by atoms with Crippen molar-refractivity contribution < 1.29 is 18.0 Å². The molecule has 1 aliphatic rings. The highest BCUT2D eigenvalue weighted by Crippen LogP contribution is 2.24. The van der Waals surface area contributed by atoms with Gasteiger partial charge in [-0.1, -0.05) is 42.5 Å². The number of sulfone groups is 1. The molecule has 3 amide bonds. The molecule has 0 bridgehead atoms. The fraction of sp³-hybridized carbons (Fsp3) is 0.250. The van der Waals surface area contributed by atoms with Crippen molar-refractivity contribution >= 4 is 21.8 Å². The molecule has 0 aromatic heterocycles. The first kappa shape index (κ1) is 19.6. The van der Waals surface area contributed by atoms with Crippen LogP contribution in [0.5, 0.6) is 0 Å². The Balaban J connectivity index is 1.71. The van der Waals surface area contributed by atoms with Crippen molar-refractivity contribution in [3.05, 3.63) is 59.7 Å². The number of nitriles is 1. The highest BCUT2D eigenvalue weighted by Gasteiger charge is 2.37. The van der Waals surface area contributed by atoms with Crippen LogP contribution in [0.2, 0.25) is 0 Å². The Kier molecular flexibility index (Phi) is 5.47. The molecule has 2 aromatic rings. The number of carbonyl (C=O) groups excluding carboxylic acids is 2. The number of hydrogen-bond acceptors (Lipinski definition) is 5. The molecule has 3 rings (SSSR count). The van der Waals surface area contributed by atoms with E-state index in [9.17, 15) is 23.3 Å². The Morgan fingerprint density at radius 3 is 2.43 bits per heavy atom. The lowest BCUT2D eigenvalue weighted by atomic mass is 9.99. The Morgan fingerprint density at radius 1 is 1.11 bits per heavy atom. The van der Waals surface area contributed by atoms with E-state index in [0.29, 0.717) is 5.56 Å². The van der Waals surface area contributed by atoms with E-state index >= 15 is 0 Å². The van der Waals surface area contributed by atoms with Crippen molar-refractivity contribution in [3.8, 4) is 17.2 Å². The fourth-order valence-electron chi connectivity index (χ4n) is 3.06. The van der Waals surface area contributed by atoms with Crippen LogP contribution >= 0.6 is 0 Å². The third kappa shape index (κ3) is 4.38. The molecule has 1 saturated heterocycles. The molecular formula is C20H19N3O4S. The number of nitrogens with zero attached hydrogens (tertiary/aromatic N) is 2. The molecule has 8 heteroatoms. The van der Waals surface area contributed by atoms with Crippen LogP contribution in [0.4, 0.5) is 4.79 Å². The number of urea groups is 1. The highest BCUT2D eigenvalue weighted by atomic mass is 32.2. The van der Waals surface area contributed by atoms with Crippen molar-refractivity contribution in [2.45, 2.75) is 19.0 Å². The zero-order chi connectivity index (χ0) is 20.3. The van der Waals surface area contributed by atoms with Gasteiger partial charge < -0.3 is 5.32 Å². The second kappa shape index (κ2) is 7.82. The van der Waals surface area contributed by atoms with E-state index in [1.165, 1.54) is 0 Å². The van der Waals surface area contributed by atoms with Gasteiger partial charge in [0.2, 0.25) is 0 Å². The van der Waals surface area contributed by atoms with Gasteiger partial charge in [0.05, 0.1) is 23.9 Å². The lowest BCUT2D eigenvalue weighted by Crippen LogP contribution is -2.32. The Labute approximate surface area is 163 Å². The molecule has 0 radical (unpaired) electrons. The monoisotopic (exact) mass is 397 g/mol. The number of rotatable bonds is 6. The van der Waals surface area contributed by atoms with Crippen LogP contribution in [0.3, 0.4) is 0 Å². The summed E-state index contributed by atoms with van der Waals surface area (Å²) in [6.07, 6.45) is 1.15. The third-order valence-electron chi connectivity index (χ3n) is 4.54. The molecule has 1 unspecified atom stereocenters. The molecule has 28 heavy (non-hydrogen) atoms. The lowest BCUT2D eigenvalue weighted by Gasteiger charge is -2.13. The maximum Gasteiger partial charge on any atom is 0.325 e. The predicted molar refractivity (Wildman–Crippen MR) is 104 cm³/mol. The Morgan fingerprint density at radius 2 is 1.79 bits per heavy atom. The van der Waals surface area contributed by atoms with Crippen molar-refractivity contribution in [3.63, 3.8) is 0 Å². The SMILES string of the molecule is CS(=O)(=O)CCC1NC(=O)N(Cc2ccc(-c3ccccc3C#N)cc2)C1=O. The summed E-state index contributed by atoms with van der Waals surface area (Å²) in [4.78, 5) is 25.6. The van der Waals surface area contributed by atoms with E-state index in [0.717, 1.165) is 27.8 Å². The maximum atomic E-state index is 12.4. The molecule has 0 spiro atoms. The van der Waals surface area contributed by atoms with Crippen LogP contribution in [0.1, 0.15) is 17.5 Å². The first-order chi connectivity index (χ1) is 13.3. The van der Waals surface area contributed by atoms with Crippen LogP contribution < -0.4 is 5.32 Å². The summed E-state index contributed by atoms with van der Waals surface area (Å²) < 4.78 is 22.6. The molecule has 1 fully saturated rings. The topological polar surface area (TPSA) is 107 Å². The van der Waals surface area contributed by atoms with E-state index in [-0.39, 0.29) is 18.7 Å². The minimum absolute atomic E-state index is 0.0593. The third-order valence-corrected chi connectivity index (χ3v) is 5.51. The van der Waals surface area contributed by atoms with E-state index in [1.807, 2.05) is 24.3 Å². The van der Waals surface area contributed by atoms with Gasteiger partial charge in [-0.3, -0.25) is 9.69 Å². The summed E-state index contributed by atoms with van der Waals surface area (Å²) in [7, 11) is -3.21. The van der Waals surface area contributed by atoms with Crippen molar-refractivity contribution in [1.82, 2.24) is 10.2 Å². The minimum atomic E-state index is -3.21. The summed E-state index contributed by atoms with van der Waals surface area (Å²) in [6.45, 7) is 0.0974. The fourth-order valence-corrected chi connectivity index (χ4v) is 3.72. The molecule has 1 atom stereocenters. The van der Waals surface area contributed by atoms with Crippen LogP contribution in [-0.4, -0.2) is 43.3 Å². The van der Waals surface area contributed by atoms with Gasteiger partial charge in [-0.25, -0.2) is 13.2 Å². The molecule has 0 aliphatic carbocycles. The summed E-state index contributed by atoms with van der Waals surface area (Å²) in [6, 6.07) is 15.3. The number of amides is 3. The van der Waals surface area contributed by atoms with E-state index in [1.54, 1.807) is 24.3 Å². The van der Waals surface area contributed by atoms with Gasteiger partial charge in [0.15, 0.2) is 0 Å². The summed E-state index contributed by atoms with van der Waals surface area (Å²) in [5.74, 6) is -0.586. The molecule has 0 saturated carbocycles. The van der Waals surface area contributed by atoms with Gasteiger partial charge in [-0.15, -0.1) is 0 Å². The van der Waals surface area contributed by atoms with Crippen LogP contribution in [0, 0.1) is 11.3 Å². The first-order valence-corrected chi connectivity index (χ1v) is 10.7. The standard InChI is InChI=1S/C20H19N3O4S/c1-28(26,27)11-10-18-19(24)23(20(25)22-18)13-14-6-8-15(9-7-14)17-5-3-2-4-16(17)12-21/h2-9,18H,10-11,13H2,1H3,(H,22,25). The number of hydrogen-bond donors (Lipinski definition) is 1. The average Bonchev–Trinajstić information content (AvgIpc) is 2.94. The van der Waals surface area contributed by atoms with Gasteiger partial charge in [-0.2, -0.15) is 5.26 Å². The first-order valence-electron chi connectivity index (χ1n) is 8.66. The molecule has 1 aliphatic heterocycles. The second-order valence-corrected chi connectivity index (χ2v) is 8.96. The van der Waals surface area contributed by atoms with Crippen LogP contribution in [-0.2, 0) is 21.2 Å². The Bertz CT molecular complexity index is 1060. The van der Waals surface area contributed by atoms with E-state index < -0.39 is 27.8 Å². The second-order valence-electron chi connectivity index (χ2n) is 6.70. The predicted octanol–water partition coefficient (Wildman–Crippen LogP) is 2.08. The van der Waals surface area contributed by atoms with Gasteiger partial charge in [0.1, 0.15) is 15.9 Å². The van der Waals surface area contributed by atoms with Gasteiger partial charge in [-0.05, 0) is 29.2 Å². The molecule has 1 heterocycles. The lowest BCUT2D eigenvalue weighted by molar-refractivity contribution is -0.127. The molecule has 7 nitrogen and oxygen atoms in total. The van der Waals surface area contributed by atoms with Crippen LogP contribution in [0.15, 0.2) is 48.5 Å². The average molecular weight is 397 g/mol. The maximum absolute atomic E-state index is 12.4. The van der Waals surface area contributed by atoms with Gasteiger partial charge in [0.25, 0.3) is 5.91 Å². The summed E-state index contributed by atoms with van der Waals surface area (Å²) in [5.41, 5.74) is 3.00. The highest BCUT2D eigenvalue weighted by molar-refractivity contribution is 7.90. The van der Waals surface area contributed by atoms with Crippen LogP contribution in [0.25, 0.3) is 11.1 Å². The normalized spacial score (nSPS) is 16.7. The molecule has 1 N–H and O–H groups in total. The number of carbonyl (C=O) groups is 2. The summed E-state index contributed by atoms with van der Waals surface area (Å²) >= 11 is 0. The number of imide groups is 1. The minimum Gasteiger partial charge on any atom is -0.326 e. The van der Waals surface area contributed by atoms with Gasteiger partial charge >= 0.3 is 6.03 Å². The summed E-state index contributed by atoms with van der Waals surface area (Å²) in [5, 5.41) is 11.8. The number of benzene rings is 2. The van der Waals surface area contributed by atoms with Gasteiger partial charge in [0, 0.05) is 6.26 Å². The van der Waals surface area contributed by atoms with E-state index in [2.05, 4.69) is 11.4 Å². The number of nitrogens with one attached hydrogen (secondary N) is 1. The smallest absolute Gasteiger partial charge is 0.325 e. The van der Waals surface area contributed by atoms with Crippen molar-refractivity contribution in [2.75, 3.05) is 12.0 Å². The molecule has 2 aromatic carbocycles. The zero-order valence-electron chi connectivity index (χ0n) is 15.3. The molecular weight excluding hydrogens is 378 g/mol. The zero-order valence-corrected chi connectivity index (χ0v) is 16.1. The largest absolute Gasteiger partial charge is 0.326 e. The molecule has 144 valence electrons. The van der Waals surface area contributed by atoms with Crippen molar-refractivity contribution in [1.29, 1.82) is 5.26 Å². The Hall–Kier alpha value is -3.18. The quantitative estimate of drug-likeness (QED) is 0.751. The van der Waals surface area contributed by atoms with Crippen molar-refractivity contribution in [2.24, 2.45) is 0 Å².